The maximum absolute atomic E-state index is 4.88. The molecule has 1 aromatic heterocycles. The van der Waals surface area contributed by atoms with Crippen molar-refractivity contribution in [1.29, 1.82) is 0 Å². The first-order valence-electron chi connectivity index (χ1n) is 15.2. The fourth-order valence-electron chi connectivity index (χ4n) is 7.26. The summed E-state index contributed by atoms with van der Waals surface area (Å²) in [5.41, 5.74) is 16.5. The van der Waals surface area contributed by atoms with Gasteiger partial charge in [0, 0.05) is 0 Å². The van der Waals surface area contributed by atoms with Gasteiger partial charge in [-0.3, -0.25) is 0 Å². The van der Waals surface area contributed by atoms with E-state index in [9.17, 15) is 0 Å². The molecule has 1 heterocycles. The number of rotatable bonds is 3. The van der Waals surface area contributed by atoms with Crippen LogP contribution in [0.2, 0.25) is 0 Å². The number of aryl methyl sites for hydroxylation is 2. The predicted octanol–water partition coefficient (Wildman–Crippen LogP) is 11.2. The molecule has 8 aromatic rings. The molecular weight excluding hydrogens is 532 g/mol. The largest absolute Gasteiger partial charge is 0.250 e. The van der Waals surface area contributed by atoms with Crippen LogP contribution in [0.25, 0.3) is 88.2 Å². The molecule has 0 fully saturated rings. The Bertz CT molecular complexity index is 2350. The highest BCUT2D eigenvalue weighted by atomic mass is 14.8. The Hall–Kier alpha value is -5.60. The van der Waals surface area contributed by atoms with Crippen molar-refractivity contribution in [3.8, 4) is 55.6 Å². The Kier molecular flexibility index (Phi) is 5.36. The summed E-state index contributed by atoms with van der Waals surface area (Å²) in [7, 11) is 0. The monoisotopic (exact) mass is 560 g/mol. The summed E-state index contributed by atoms with van der Waals surface area (Å²) in [5, 5.41) is 5.13. The first-order chi connectivity index (χ1) is 21.7. The van der Waals surface area contributed by atoms with Gasteiger partial charge in [-0.15, -0.1) is 0 Å². The second-order valence-corrected chi connectivity index (χ2v) is 11.8. The molecule has 0 radical (unpaired) electrons. The number of hydrogen-bond acceptors (Lipinski definition) is 2. The third kappa shape index (κ3) is 3.55. The molecule has 0 bridgehead atoms. The first kappa shape index (κ1) is 24.9. The zero-order valence-corrected chi connectivity index (χ0v) is 24.6. The summed E-state index contributed by atoms with van der Waals surface area (Å²) in [6, 6.07) is 48.7. The van der Waals surface area contributed by atoms with Crippen molar-refractivity contribution in [2.45, 2.75) is 13.8 Å². The van der Waals surface area contributed by atoms with E-state index in [-0.39, 0.29) is 0 Å². The van der Waals surface area contributed by atoms with E-state index in [4.69, 9.17) is 9.97 Å². The van der Waals surface area contributed by atoms with Gasteiger partial charge in [0.25, 0.3) is 0 Å². The second kappa shape index (κ2) is 9.45. The van der Waals surface area contributed by atoms with Crippen LogP contribution in [0.3, 0.4) is 0 Å². The molecule has 2 heteroatoms. The van der Waals surface area contributed by atoms with E-state index in [0.29, 0.717) is 0 Å². The topological polar surface area (TPSA) is 25.8 Å². The van der Waals surface area contributed by atoms with Gasteiger partial charge in [-0.2, -0.15) is 0 Å². The number of hydrogen-bond donors (Lipinski definition) is 0. The standard InChI is InChI=1S/C42H28N2/c1-25-26(2)44-37-24-29(20-23-36(37)43-25)30-21-22-35-40-31(30)18-11-19-34(40)41-38(27-12-5-3-6-13-27)32-16-9-10-17-33(32)39(42(35)41)28-14-7-4-8-15-28/h3-24H,1-2H3. The van der Waals surface area contributed by atoms with Gasteiger partial charge in [0.15, 0.2) is 0 Å². The van der Waals surface area contributed by atoms with Gasteiger partial charge >= 0.3 is 0 Å². The van der Waals surface area contributed by atoms with E-state index < -0.39 is 0 Å². The quantitative estimate of drug-likeness (QED) is 0.215. The highest BCUT2D eigenvalue weighted by molar-refractivity contribution is 6.28. The molecular formula is C42H28N2. The van der Waals surface area contributed by atoms with Crippen molar-refractivity contribution in [1.82, 2.24) is 9.97 Å². The van der Waals surface area contributed by atoms with E-state index in [1.54, 1.807) is 0 Å². The lowest BCUT2D eigenvalue weighted by Crippen LogP contribution is -1.94. The first-order valence-corrected chi connectivity index (χ1v) is 15.2. The Labute approximate surface area is 256 Å². The van der Waals surface area contributed by atoms with Crippen molar-refractivity contribution in [3.63, 3.8) is 0 Å². The van der Waals surface area contributed by atoms with Crippen LogP contribution >= 0.6 is 0 Å². The molecule has 7 aromatic carbocycles. The Balaban J connectivity index is 1.41. The average Bonchev–Trinajstić information content (AvgIpc) is 3.40. The Morgan fingerprint density at radius 3 is 1.52 bits per heavy atom. The van der Waals surface area contributed by atoms with Crippen LogP contribution in [0, 0.1) is 13.8 Å². The van der Waals surface area contributed by atoms with Crippen molar-refractivity contribution >= 4 is 32.6 Å². The Morgan fingerprint density at radius 1 is 0.364 bits per heavy atom. The highest BCUT2D eigenvalue weighted by Gasteiger charge is 2.31. The van der Waals surface area contributed by atoms with Crippen molar-refractivity contribution in [3.05, 3.63) is 145 Å². The van der Waals surface area contributed by atoms with Crippen LogP contribution in [-0.2, 0) is 0 Å². The maximum atomic E-state index is 4.88. The maximum Gasteiger partial charge on any atom is 0.0896 e. The zero-order chi connectivity index (χ0) is 29.4. The smallest absolute Gasteiger partial charge is 0.0896 e. The summed E-state index contributed by atoms with van der Waals surface area (Å²) >= 11 is 0. The van der Waals surface area contributed by atoms with Crippen LogP contribution in [0.1, 0.15) is 11.4 Å². The lowest BCUT2D eigenvalue weighted by molar-refractivity contribution is 1.10. The van der Waals surface area contributed by atoms with E-state index in [2.05, 4.69) is 133 Å². The summed E-state index contributed by atoms with van der Waals surface area (Å²) in [6.45, 7) is 4.05. The van der Waals surface area contributed by atoms with Crippen molar-refractivity contribution < 1.29 is 0 Å². The molecule has 0 saturated carbocycles. The predicted molar refractivity (Wildman–Crippen MR) is 185 cm³/mol. The SMILES string of the molecule is Cc1nc2ccc(-c3ccc4c5c(cccc35)-c3c-4c(-c4ccccc4)c4ccccc4c3-c3ccccc3)cc2nc1C. The third-order valence-electron chi connectivity index (χ3n) is 9.31. The number of fused-ring (bicyclic) bond motifs is 5. The molecule has 0 saturated heterocycles. The van der Waals surface area contributed by atoms with E-state index in [1.807, 2.05) is 13.8 Å². The average molecular weight is 561 g/mol. The molecule has 0 spiro atoms. The molecule has 1 aliphatic rings. The van der Waals surface area contributed by atoms with E-state index >= 15 is 0 Å². The van der Waals surface area contributed by atoms with Crippen molar-refractivity contribution in [2.24, 2.45) is 0 Å². The molecule has 1 aliphatic carbocycles. The van der Waals surface area contributed by atoms with Gasteiger partial charge in [0.2, 0.25) is 0 Å². The van der Waals surface area contributed by atoms with Crippen LogP contribution in [0.5, 0.6) is 0 Å². The molecule has 0 N–H and O–H groups in total. The van der Waals surface area contributed by atoms with Gasteiger partial charge < -0.3 is 0 Å². The van der Waals surface area contributed by atoms with Crippen LogP contribution in [0.15, 0.2) is 133 Å². The van der Waals surface area contributed by atoms with Crippen LogP contribution in [-0.4, -0.2) is 9.97 Å². The fraction of sp³-hybridized carbons (Fsp3) is 0.0476. The molecule has 0 unspecified atom stereocenters. The molecule has 0 amide bonds. The summed E-state index contributed by atoms with van der Waals surface area (Å²) < 4.78 is 0. The normalized spacial score (nSPS) is 11.9. The van der Waals surface area contributed by atoms with Gasteiger partial charge in [-0.05, 0) is 103 Å². The minimum atomic E-state index is 0.932. The van der Waals surface area contributed by atoms with Gasteiger partial charge in [0.1, 0.15) is 0 Å². The summed E-state index contributed by atoms with van der Waals surface area (Å²) in [4.78, 5) is 9.66. The van der Waals surface area contributed by atoms with Gasteiger partial charge in [-0.25, -0.2) is 9.97 Å². The minimum Gasteiger partial charge on any atom is -0.250 e. The van der Waals surface area contributed by atoms with Gasteiger partial charge in [-0.1, -0.05) is 121 Å². The van der Waals surface area contributed by atoms with Crippen LogP contribution in [0.4, 0.5) is 0 Å². The zero-order valence-electron chi connectivity index (χ0n) is 24.6. The van der Waals surface area contributed by atoms with E-state index in [1.165, 1.54) is 71.6 Å². The Morgan fingerprint density at radius 2 is 0.886 bits per heavy atom. The summed E-state index contributed by atoms with van der Waals surface area (Å²) in [6.07, 6.45) is 0. The molecule has 44 heavy (non-hydrogen) atoms. The molecule has 2 nitrogen and oxygen atoms in total. The highest BCUT2D eigenvalue weighted by Crippen LogP contribution is 2.58. The minimum absolute atomic E-state index is 0.932. The molecule has 206 valence electrons. The van der Waals surface area contributed by atoms with Gasteiger partial charge in [0.05, 0.1) is 22.4 Å². The van der Waals surface area contributed by atoms with Crippen LogP contribution < -0.4 is 0 Å². The molecule has 0 atom stereocenters. The second-order valence-electron chi connectivity index (χ2n) is 11.8. The van der Waals surface area contributed by atoms with Crippen molar-refractivity contribution in [2.75, 3.05) is 0 Å². The molecule has 0 aliphatic heterocycles. The lowest BCUT2D eigenvalue weighted by Gasteiger charge is -2.20. The third-order valence-corrected chi connectivity index (χ3v) is 9.31. The number of aromatic nitrogens is 2. The fourth-order valence-corrected chi connectivity index (χ4v) is 7.26. The summed E-state index contributed by atoms with van der Waals surface area (Å²) in [5.74, 6) is 0. The van der Waals surface area contributed by atoms with E-state index in [0.717, 1.165) is 28.0 Å². The molecule has 9 rings (SSSR count). The number of benzene rings is 7. The lowest BCUT2D eigenvalue weighted by atomic mass is 9.82. The number of nitrogens with zero attached hydrogens (tertiary/aromatic N) is 2.